The van der Waals surface area contributed by atoms with Crippen molar-refractivity contribution < 1.29 is 9.59 Å². The smallest absolute Gasteiger partial charge is 0.254 e. The van der Waals surface area contributed by atoms with Gasteiger partial charge in [0.25, 0.3) is 11.8 Å². The zero-order valence-corrected chi connectivity index (χ0v) is 19.8. The van der Waals surface area contributed by atoms with Gasteiger partial charge in [-0.25, -0.2) is 4.98 Å². The number of hydrogen-bond acceptors (Lipinski definition) is 3. The van der Waals surface area contributed by atoms with E-state index in [1.54, 1.807) is 24.3 Å². The Morgan fingerprint density at radius 2 is 1.97 bits per heavy atom. The van der Waals surface area contributed by atoms with Crippen molar-refractivity contribution in [2.24, 2.45) is 5.92 Å². The minimum Gasteiger partial charge on any atom is -0.341 e. The van der Waals surface area contributed by atoms with Crippen LogP contribution in [0.1, 0.15) is 57.4 Å². The zero-order chi connectivity index (χ0) is 23.7. The van der Waals surface area contributed by atoms with E-state index in [-0.39, 0.29) is 23.8 Å². The molecule has 1 fully saturated rings. The SMILES string of the molecule is Cc1cc(C(=O)NC(c2nc3ccc(Cl)cc3[nH]2)C2C=CC=CC2)ccc1C(=O)N1CCCC1. The number of fused-ring (bicyclic) bond motifs is 1. The quantitative estimate of drug-likeness (QED) is 0.522. The van der Waals surface area contributed by atoms with Crippen LogP contribution < -0.4 is 5.32 Å². The largest absolute Gasteiger partial charge is 0.341 e. The molecule has 1 saturated heterocycles. The Bertz CT molecular complexity index is 1300. The Morgan fingerprint density at radius 3 is 2.71 bits per heavy atom. The molecule has 0 bridgehead atoms. The Balaban J connectivity index is 1.41. The molecule has 2 N–H and O–H groups in total. The van der Waals surface area contributed by atoms with Gasteiger partial charge in [0.15, 0.2) is 0 Å². The molecule has 2 unspecified atom stereocenters. The van der Waals surface area contributed by atoms with Gasteiger partial charge >= 0.3 is 0 Å². The average molecular weight is 475 g/mol. The van der Waals surface area contributed by atoms with Crippen molar-refractivity contribution in [2.75, 3.05) is 13.1 Å². The van der Waals surface area contributed by atoms with Crippen molar-refractivity contribution in [2.45, 2.75) is 32.2 Å². The minimum absolute atomic E-state index is 0.0416. The molecule has 3 aromatic rings. The number of likely N-dealkylation sites (tertiary alicyclic amines) is 1. The molecule has 1 aliphatic heterocycles. The number of nitrogens with zero attached hydrogens (tertiary/aromatic N) is 2. The van der Waals surface area contributed by atoms with Gasteiger partial charge in [-0.05, 0) is 68.1 Å². The van der Waals surface area contributed by atoms with Crippen LogP contribution in [0.25, 0.3) is 11.0 Å². The number of benzene rings is 2. The third-order valence-corrected chi connectivity index (χ3v) is 6.83. The van der Waals surface area contributed by atoms with Gasteiger partial charge in [0.05, 0.1) is 17.1 Å². The monoisotopic (exact) mass is 474 g/mol. The Labute approximate surface area is 203 Å². The van der Waals surface area contributed by atoms with E-state index in [9.17, 15) is 9.59 Å². The predicted molar refractivity (Wildman–Crippen MR) is 134 cm³/mol. The summed E-state index contributed by atoms with van der Waals surface area (Å²) in [6, 6.07) is 10.5. The number of rotatable bonds is 5. The summed E-state index contributed by atoms with van der Waals surface area (Å²) in [4.78, 5) is 36.1. The number of carbonyl (C=O) groups excluding carboxylic acids is 2. The molecule has 0 spiro atoms. The van der Waals surface area contributed by atoms with Crippen molar-refractivity contribution in [3.63, 3.8) is 0 Å². The first-order valence-corrected chi connectivity index (χ1v) is 12.1. The molecule has 6 nitrogen and oxygen atoms in total. The second-order valence-corrected chi connectivity index (χ2v) is 9.41. The van der Waals surface area contributed by atoms with E-state index in [2.05, 4.69) is 22.5 Å². The number of amides is 2. The number of aromatic amines is 1. The van der Waals surface area contributed by atoms with Crippen molar-refractivity contribution in [3.8, 4) is 0 Å². The molecule has 7 heteroatoms. The van der Waals surface area contributed by atoms with Crippen molar-refractivity contribution in [1.29, 1.82) is 0 Å². The lowest BCUT2D eigenvalue weighted by Crippen LogP contribution is -2.34. The lowest BCUT2D eigenvalue weighted by atomic mass is 9.91. The molecule has 2 aromatic carbocycles. The highest BCUT2D eigenvalue weighted by Gasteiger charge is 2.27. The highest BCUT2D eigenvalue weighted by atomic mass is 35.5. The number of H-pyrrole nitrogens is 1. The summed E-state index contributed by atoms with van der Waals surface area (Å²) < 4.78 is 0. The van der Waals surface area contributed by atoms with Crippen LogP contribution in [0.4, 0.5) is 0 Å². The van der Waals surface area contributed by atoms with Gasteiger partial charge in [-0.1, -0.05) is 35.9 Å². The van der Waals surface area contributed by atoms with E-state index < -0.39 is 0 Å². The van der Waals surface area contributed by atoms with Gasteiger partial charge in [0.1, 0.15) is 5.82 Å². The predicted octanol–water partition coefficient (Wildman–Crippen LogP) is 5.36. The lowest BCUT2D eigenvalue weighted by molar-refractivity contribution is 0.0791. The maximum Gasteiger partial charge on any atom is 0.254 e. The second-order valence-electron chi connectivity index (χ2n) is 8.98. The molecule has 2 atom stereocenters. The number of aromatic nitrogens is 2. The van der Waals surface area contributed by atoms with Gasteiger partial charge in [0, 0.05) is 35.2 Å². The van der Waals surface area contributed by atoms with Gasteiger partial charge < -0.3 is 15.2 Å². The summed E-state index contributed by atoms with van der Waals surface area (Å²) in [5.74, 6) is 0.588. The summed E-state index contributed by atoms with van der Waals surface area (Å²) in [6.07, 6.45) is 11.1. The zero-order valence-electron chi connectivity index (χ0n) is 19.1. The summed E-state index contributed by atoms with van der Waals surface area (Å²) in [7, 11) is 0. The van der Waals surface area contributed by atoms with Crippen molar-refractivity contribution in [1.82, 2.24) is 20.2 Å². The van der Waals surface area contributed by atoms with Gasteiger partial charge in [0.2, 0.25) is 0 Å². The molecule has 5 rings (SSSR count). The maximum absolute atomic E-state index is 13.3. The van der Waals surface area contributed by atoms with Crippen molar-refractivity contribution in [3.05, 3.63) is 88.2 Å². The fourth-order valence-electron chi connectivity index (χ4n) is 4.73. The summed E-state index contributed by atoms with van der Waals surface area (Å²) in [5, 5.41) is 3.81. The lowest BCUT2D eigenvalue weighted by Gasteiger charge is -2.25. The van der Waals surface area contributed by atoms with Crippen LogP contribution in [0.15, 0.2) is 60.7 Å². The Hall–Kier alpha value is -3.38. The van der Waals surface area contributed by atoms with Gasteiger partial charge in [-0.15, -0.1) is 0 Å². The maximum atomic E-state index is 13.3. The topological polar surface area (TPSA) is 78.1 Å². The standard InChI is InChI=1S/C27H27ClN4O2/c1-17-15-19(9-11-21(17)27(34)32-13-5-6-14-32)26(33)31-24(18-7-3-2-4-8-18)25-29-22-12-10-20(28)16-23(22)30-25/h2-4,7,9-12,15-16,18,24H,5-6,8,13-14H2,1H3,(H,29,30)(H,31,33). The Morgan fingerprint density at radius 1 is 1.15 bits per heavy atom. The van der Waals surface area contributed by atoms with Crippen LogP contribution in [-0.4, -0.2) is 39.8 Å². The normalized spacial score (nSPS) is 18.4. The number of imidazole rings is 1. The molecule has 2 heterocycles. The third kappa shape index (κ3) is 4.50. The second kappa shape index (κ2) is 9.47. The van der Waals surface area contributed by atoms with Crippen LogP contribution in [0.5, 0.6) is 0 Å². The molecule has 1 aliphatic carbocycles. The van der Waals surface area contributed by atoms with E-state index >= 15 is 0 Å². The van der Waals surface area contributed by atoms with Crippen LogP contribution in [0, 0.1) is 12.8 Å². The van der Waals surface area contributed by atoms with E-state index in [0.29, 0.717) is 22.0 Å². The van der Waals surface area contributed by atoms with Crippen LogP contribution >= 0.6 is 11.6 Å². The number of halogens is 1. The molecular weight excluding hydrogens is 448 g/mol. The third-order valence-electron chi connectivity index (χ3n) is 6.60. The average Bonchev–Trinajstić information content (AvgIpc) is 3.52. The number of aryl methyl sites for hydroxylation is 1. The van der Waals surface area contributed by atoms with Gasteiger partial charge in [-0.2, -0.15) is 0 Å². The molecule has 2 amide bonds. The molecule has 174 valence electrons. The molecule has 2 aliphatic rings. The number of nitrogens with one attached hydrogen (secondary N) is 2. The molecule has 34 heavy (non-hydrogen) atoms. The van der Waals surface area contributed by atoms with Gasteiger partial charge in [-0.3, -0.25) is 9.59 Å². The highest BCUT2D eigenvalue weighted by Crippen LogP contribution is 2.29. The fraction of sp³-hybridized carbons (Fsp3) is 0.296. The number of carbonyl (C=O) groups is 2. The van der Waals surface area contributed by atoms with E-state index in [4.69, 9.17) is 16.6 Å². The van der Waals surface area contributed by atoms with Crippen LogP contribution in [0.3, 0.4) is 0 Å². The number of allylic oxidation sites excluding steroid dienone is 3. The summed E-state index contributed by atoms with van der Waals surface area (Å²) in [6.45, 7) is 3.48. The van der Waals surface area contributed by atoms with E-state index in [1.807, 2.05) is 36.1 Å². The molecule has 1 aromatic heterocycles. The highest BCUT2D eigenvalue weighted by molar-refractivity contribution is 6.31. The van der Waals surface area contributed by atoms with Crippen LogP contribution in [-0.2, 0) is 0 Å². The van der Waals surface area contributed by atoms with E-state index in [0.717, 1.165) is 48.9 Å². The molecule has 0 saturated carbocycles. The first-order valence-electron chi connectivity index (χ1n) is 11.7. The first kappa shape index (κ1) is 22.4. The first-order chi connectivity index (χ1) is 16.5. The summed E-state index contributed by atoms with van der Waals surface area (Å²) in [5.41, 5.74) is 3.62. The fourth-order valence-corrected chi connectivity index (χ4v) is 4.91. The molecular formula is C27H27ClN4O2. The number of hydrogen-bond donors (Lipinski definition) is 2. The van der Waals surface area contributed by atoms with Crippen LogP contribution in [0.2, 0.25) is 5.02 Å². The van der Waals surface area contributed by atoms with Crippen molar-refractivity contribution >= 4 is 34.4 Å². The van der Waals surface area contributed by atoms with E-state index in [1.165, 1.54) is 0 Å². The Kier molecular flexibility index (Phi) is 6.24. The molecule has 0 radical (unpaired) electrons. The minimum atomic E-state index is -0.342. The summed E-state index contributed by atoms with van der Waals surface area (Å²) >= 11 is 6.15.